The van der Waals surface area contributed by atoms with Crippen LogP contribution in [0.1, 0.15) is 55.3 Å². The van der Waals surface area contributed by atoms with Gasteiger partial charge in [0.25, 0.3) is 0 Å². The van der Waals surface area contributed by atoms with Crippen molar-refractivity contribution >= 4 is 0 Å². The van der Waals surface area contributed by atoms with Gasteiger partial charge in [0.2, 0.25) is 0 Å². The van der Waals surface area contributed by atoms with Gasteiger partial charge in [-0.15, -0.1) is 0 Å². The molecular weight excluding hydrogens is 244 g/mol. The Bertz CT molecular complexity index is 401. The topological polar surface area (TPSA) is 15.3 Å². The molecule has 2 heteroatoms. The summed E-state index contributed by atoms with van der Waals surface area (Å²) >= 11 is 0. The maximum absolute atomic E-state index is 3.67. The minimum atomic E-state index is 0.448. The van der Waals surface area contributed by atoms with Crippen LogP contribution in [0.15, 0.2) is 18.2 Å². The molecule has 112 valence electrons. The first-order valence-electron chi connectivity index (χ1n) is 8.12. The van der Waals surface area contributed by atoms with E-state index in [4.69, 9.17) is 0 Å². The second-order valence-corrected chi connectivity index (χ2v) is 6.41. The van der Waals surface area contributed by atoms with Crippen molar-refractivity contribution in [3.8, 4) is 0 Å². The molecule has 2 nitrogen and oxygen atoms in total. The van der Waals surface area contributed by atoms with Gasteiger partial charge in [0.1, 0.15) is 0 Å². The number of rotatable bonds is 6. The molecule has 0 saturated heterocycles. The summed E-state index contributed by atoms with van der Waals surface area (Å²) in [5.41, 5.74) is 4.17. The molecule has 0 aromatic heterocycles. The molecule has 0 aliphatic heterocycles. The van der Waals surface area contributed by atoms with Gasteiger partial charge in [0.15, 0.2) is 0 Å². The van der Waals surface area contributed by atoms with E-state index in [-0.39, 0.29) is 0 Å². The van der Waals surface area contributed by atoms with Gasteiger partial charge < -0.3 is 10.2 Å². The molecule has 0 radical (unpaired) electrons. The lowest BCUT2D eigenvalue weighted by Gasteiger charge is -2.30. The van der Waals surface area contributed by atoms with Gasteiger partial charge >= 0.3 is 0 Å². The highest BCUT2D eigenvalue weighted by atomic mass is 15.2. The third-order valence-corrected chi connectivity index (χ3v) is 4.52. The Morgan fingerprint density at radius 1 is 1.15 bits per heavy atom. The molecule has 1 N–H and O–H groups in total. The average molecular weight is 274 g/mol. The molecule has 1 aromatic rings. The normalized spacial score (nSPS) is 17.9. The van der Waals surface area contributed by atoms with Gasteiger partial charge in [-0.05, 0) is 45.8 Å². The second-order valence-electron chi connectivity index (χ2n) is 6.41. The van der Waals surface area contributed by atoms with Gasteiger partial charge in [0, 0.05) is 18.6 Å². The van der Waals surface area contributed by atoms with Crippen molar-refractivity contribution in [1.82, 2.24) is 10.2 Å². The highest BCUT2D eigenvalue weighted by Gasteiger charge is 2.22. The summed E-state index contributed by atoms with van der Waals surface area (Å²) < 4.78 is 0. The fourth-order valence-electron chi connectivity index (χ4n) is 3.53. The van der Waals surface area contributed by atoms with Crippen LogP contribution in [0, 0.1) is 13.8 Å². The Hall–Kier alpha value is -0.860. The van der Waals surface area contributed by atoms with E-state index >= 15 is 0 Å². The Kier molecular flexibility index (Phi) is 5.62. The largest absolute Gasteiger partial charge is 0.309 e. The highest BCUT2D eigenvalue weighted by molar-refractivity contribution is 5.31. The summed E-state index contributed by atoms with van der Waals surface area (Å²) in [5.74, 6) is 0. The van der Waals surface area contributed by atoms with Crippen LogP contribution in [0.3, 0.4) is 0 Å². The van der Waals surface area contributed by atoms with Crippen LogP contribution < -0.4 is 5.32 Å². The summed E-state index contributed by atoms with van der Waals surface area (Å²) in [6.45, 7) is 8.73. The molecule has 20 heavy (non-hydrogen) atoms. The zero-order chi connectivity index (χ0) is 14.5. The van der Waals surface area contributed by atoms with Gasteiger partial charge in [-0.3, -0.25) is 0 Å². The molecule has 1 atom stereocenters. The monoisotopic (exact) mass is 274 g/mol. The van der Waals surface area contributed by atoms with E-state index in [1.54, 1.807) is 0 Å². The van der Waals surface area contributed by atoms with Crippen LogP contribution in [0.2, 0.25) is 0 Å². The number of benzene rings is 1. The van der Waals surface area contributed by atoms with Crippen molar-refractivity contribution in [3.05, 3.63) is 34.9 Å². The van der Waals surface area contributed by atoms with E-state index in [1.165, 1.54) is 42.4 Å². The standard InChI is InChI=1S/C18H30N2/c1-5-19-18(13-20(4)17-8-6-7-9-17)16-11-14(2)10-15(3)12-16/h10-12,17-19H,5-9,13H2,1-4H3. The minimum absolute atomic E-state index is 0.448. The summed E-state index contributed by atoms with van der Waals surface area (Å²) in [7, 11) is 2.29. The predicted molar refractivity (Wildman–Crippen MR) is 87.2 cm³/mol. The first kappa shape index (κ1) is 15.5. The Morgan fingerprint density at radius 2 is 1.75 bits per heavy atom. The van der Waals surface area contributed by atoms with Crippen LogP contribution in [0.25, 0.3) is 0 Å². The number of likely N-dealkylation sites (N-methyl/N-ethyl adjacent to an activating group) is 2. The highest BCUT2D eigenvalue weighted by Crippen LogP contribution is 2.25. The lowest BCUT2D eigenvalue weighted by atomic mass is 10.0. The average Bonchev–Trinajstić information content (AvgIpc) is 2.90. The summed E-state index contributed by atoms with van der Waals surface area (Å²) in [4.78, 5) is 2.57. The fraction of sp³-hybridized carbons (Fsp3) is 0.667. The minimum Gasteiger partial charge on any atom is -0.309 e. The van der Waals surface area contributed by atoms with E-state index in [1.807, 2.05) is 0 Å². The van der Waals surface area contributed by atoms with E-state index in [0.29, 0.717) is 6.04 Å². The molecule has 1 saturated carbocycles. The quantitative estimate of drug-likeness (QED) is 0.848. The van der Waals surface area contributed by atoms with Crippen molar-refractivity contribution in [2.45, 2.75) is 58.5 Å². The number of hydrogen-bond donors (Lipinski definition) is 1. The van der Waals surface area contributed by atoms with Gasteiger partial charge in [-0.1, -0.05) is 49.1 Å². The van der Waals surface area contributed by atoms with Crippen molar-refractivity contribution < 1.29 is 0 Å². The second kappa shape index (κ2) is 7.24. The molecule has 0 amide bonds. The Balaban J connectivity index is 2.09. The number of aryl methyl sites for hydroxylation is 2. The van der Waals surface area contributed by atoms with E-state index in [2.05, 4.69) is 56.2 Å². The van der Waals surface area contributed by atoms with Crippen molar-refractivity contribution in [1.29, 1.82) is 0 Å². The third-order valence-electron chi connectivity index (χ3n) is 4.52. The fourth-order valence-corrected chi connectivity index (χ4v) is 3.53. The number of hydrogen-bond acceptors (Lipinski definition) is 2. The molecular formula is C18H30N2. The molecule has 0 spiro atoms. The first-order chi connectivity index (χ1) is 9.60. The van der Waals surface area contributed by atoms with Crippen LogP contribution in [0.4, 0.5) is 0 Å². The SMILES string of the molecule is CCNC(CN(C)C1CCCC1)c1cc(C)cc(C)c1. The Morgan fingerprint density at radius 3 is 2.30 bits per heavy atom. The number of nitrogens with zero attached hydrogens (tertiary/aromatic N) is 1. The number of nitrogens with one attached hydrogen (secondary N) is 1. The van der Waals surface area contributed by atoms with E-state index in [0.717, 1.165) is 19.1 Å². The van der Waals surface area contributed by atoms with E-state index in [9.17, 15) is 0 Å². The molecule has 1 aliphatic carbocycles. The molecule has 1 aliphatic rings. The van der Waals surface area contributed by atoms with E-state index < -0.39 is 0 Å². The molecule has 0 heterocycles. The van der Waals surface area contributed by atoms with Crippen molar-refractivity contribution in [3.63, 3.8) is 0 Å². The van der Waals surface area contributed by atoms with Crippen molar-refractivity contribution in [2.75, 3.05) is 20.1 Å². The third kappa shape index (κ3) is 4.07. The van der Waals surface area contributed by atoms with Crippen molar-refractivity contribution in [2.24, 2.45) is 0 Å². The smallest absolute Gasteiger partial charge is 0.0449 e. The lowest BCUT2D eigenvalue weighted by molar-refractivity contribution is 0.220. The van der Waals surface area contributed by atoms with Crippen LogP contribution in [-0.2, 0) is 0 Å². The molecule has 1 aromatic carbocycles. The summed E-state index contributed by atoms with van der Waals surface area (Å²) in [5, 5.41) is 3.67. The van der Waals surface area contributed by atoms with Gasteiger partial charge in [0.05, 0.1) is 0 Å². The van der Waals surface area contributed by atoms with Gasteiger partial charge in [-0.25, -0.2) is 0 Å². The summed E-state index contributed by atoms with van der Waals surface area (Å²) in [6, 6.07) is 8.17. The molecule has 1 fully saturated rings. The molecule has 1 unspecified atom stereocenters. The van der Waals surface area contributed by atoms with Crippen LogP contribution in [-0.4, -0.2) is 31.1 Å². The van der Waals surface area contributed by atoms with Crippen LogP contribution in [0.5, 0.6) is 0 Å². The Labute approximate surface area is 124 Å². The maximum Gasteiger partial charge on any atom is 0.0449 e. The zero-order valence-electron chi connectivity index (χ0n) is 13.6. The zero-order valence-corrected chi connectivity index (χ0v) is 13.6. The van der Waals surface area contributed by atoms with Gasteiger partial charge in [-0.2, -0.15) is 0 Å². The lowest BCUT2D eigenvalue weighted by Crippen LogP contribution is -2.38. The predicted octanol–water partition coefficient (Wildman–Crippen LogP) is 3.83. The maximum atomic E-state index is 3.67. The molecule has 2 rings (SSSR count). The molecule has 0 bridgehead atoms. The first-order valence-corrected chi connectivity index (χ1v) is 8.12. The summed E-state index contributed by atoms with van der Waals surface area (Å²) in [6.07, 6.45) is 5.57. The van der Waals surface area contributed by atoms with Crippen LogP contribution >= 0.6 is 0 Å².